The topological polar surface area (TPSA) is 87.0 Å². The van der Waals surface area contributed by atoms with E-state index in [1.54, 1.807) is 23.0 Å². The molecule has 0 unspecified atom stereocenters. The number of nitrogens with one attached hydrogen (secondary N) is 1. The molecule has 0 spiro atoms. The van der Waals surface area contributed by atoms with E-state index in [0.717, 1.165) is 18.4 Å². The quantitative estimate of drug-likeness (QED) is 0.624. The molecule has 0 bridgehead atoms. The standard InChI is InChI=1S/C22H24F2N4O4/c1-22(4-6-31-7-5-22)14-10-18-26-12-15(28(18)27-11-14)13-8-16(30-3)19(20(29)25-2)17(9-13)32-21(23)24/h8-12,21H,4-7H2,1-3H3,(H,25,29). The first kappa shape index (κ1) is 21.9. The van der Waals surface area contributed by atoms with E-state index in [9.17, 15) is 13.6 Å². The molecule has 0 atom stereocenters. The second-order valence-corrected chi connectivity index (χ2v) is 7.84. The van der Waals surface area contributed by atoms with E-state index in [-0.39, 0.29) is 22.5 Å². The monoisotopic (exact) mass is 446 g/mol. The molecule has 0 radical (unpaired) electrons. The summed E-state index contributed by atoms with van der Waals surface area (Å²) in [5.74, 6) is -0.802. The molecule has 3 aromatic rings. The number of alkyl halides is 2. The van der Waals surface area contributed by atoms with Crippen LogP contribution in [-0.2, 0) is 10.2 Å². The van der Waals surface area contributed by atoms with Crippen LogP contribution in [0.25, 0.3) is 16.9 Å². The van der Waals surface area contributed by atoms with Crippen molar-refractivity contribution in [3.63, 3.8) is 0 Å². The Hall–Kier alpha value is -3.27. The number of amides is 1. The maximum absolute atomic E-state index is 13.1. The molecular weight excluding hydrogens is 422 g/mol. The molecule has 1 aliphatic rings. The highest BCUT2D eigenvalue weighted by Gasteiger charge is 2.30. The van der Waals surface area contributed by atoms with Gasteiger partial charge >= 0.3 is 6.61 Å². The third-order valence-corrected chi connectivity index (χ3v) is 5.91. The first-order valence-corrected chi connectivity index (χ1v) is 10.2. The van der Waals surface area contributed by atoms with Gasteiger partial charge in [0.25, 0.3) is 5.91 Å². The number of fused-ring (bicyclic) bond motifs is 1. The zero-order chi connectivity index (χ0) is 22.9. The van der Waals surface area contributed by atoms with Crippen molar-refractivity contribution in [1.82, 2.24) is 19.9 Å². The highest BCUT2D eigenvalue weighted by Crippen LogP contribution is 2.37. The fraction of sp³-hybridized carbons (Fsp3) is 0.409. The Balaban J connectivity index is 1.80. The van der Waals surface area contributed by atoms with E-state index in [1.807, 2.05) is 6.07 Å². The molecular formula is C22H24F2N4O4. The highest BCUT2D eigenvalue weighted by molar-refractivity contribution is 6.00. The zero-order valence-electron chi connectivity index (χ0n) is 18.0. The average Bonchev–Trinajstić information content (AvgIpc) is 3.21. The predicted molar refractivity (Wildman–Crippen MR) is 112 cm³/mol. The summed E-state index contributed by atoms with van der Waals surface area (Å²) in [5, 5.41) is 6.97. The lowest BCUT2D eigenvalue weighted by Crippen LogP contribution is -2.30. The van der Waals surface area contributed by atoms with E-state index >= 15 is 0 Å². The van der Waals surface area contributed by atoms with Gasteiger partial charge in [-0.25, -0.2) is 9.50 Å². The molecule has 170 valence electrons. The number of ether oxygens (including phenoxy) is 3. The number of hydrogen-bond acceptors (Lipinski definition) is 6. The van der Waals surface area contributed by atoms with Gasteiger partial charge < -0.3 is 19.5 Å². The summed E-state index contributed by atoms with van der Waals surface area (Å²) >= 11 is 0. The predicted octanol–water partition coefficient (Wildman–Crippen LogP) is 3.43. The second kappa shape index (κ2) is 8.70. The van der Waals surface area contributed by atoms with Crippen molar-refractivity contribution >= 4 is 11.6 Å². The first-order chi connectivity index (χ1) is 15.4. The van der Waals surface area contributed by atoms with Gasteiger partial charge in [-0.2, -0.15) is 13.9 Å². The highest BCUT2D eigenvalue weighted by atomic mass is 19.3. The minimum Gasteiger partial charge on any atom is -0.496 e. The van der Waals surface area contributed by atoms with Crippen LogP contribution in [0.15, 0.2) is 30.6 Å². The van der Waals surface area contributed by atoms with Crippen LogP contribution in [0.4, 0.5) is 8.78 Å². The van der Waals surface area contributed by atoms with Crippen molar-refractivity contribution < 1.29 is 27.8 Å². The number of hydrogen-bond donors (Lipinski definition) is 1. The van der Waals surface area contributed by atoms with Gasteiger partial charge in [-0.05, 0) is 42.0 Å². The minimum atomic E-state index is -3.11. The van der Waals surface area contributed by atoms with Gasteiger partial charge in [0, 0.05) is 25.8 Å². The van der Waals surface area contributed by atoms with Gasteiger partial charge in [0.2, 0.25) is 0 Å². The maximum Gasteiger partial charge on any atom is 0.387 e. The summed E-state index contributed by atoms with van der Waals surface area (Å²) in [6.07, 6.45) is 5.19. The van der Waals surface area contributed by atoms with Crippen molar-refractivity contribution in [2.45, 2.75) is 31.8 Å². The Morgan fingerprint density at radius 1 is 1.22 bits per heavy atom. The number of imidazole rings is 1. The van der Waals surface area contributed by atoms with Crippen LogP contribution in [-0.4, -0.2) is 54.5 Å². The Bertz CT molecular complexity index is 1140. The number of aromatic nitrogens is 3. The van der Waals surface area contributed by atoms with Crippen LogP contribution in [0.1, 0.15) is 35.7 Å². The van der Waals surface area contributed by atoms with Crippen molar-refractivity contribution in [2.75, 3.05) is 27.4 Å². The Labute approximate surface area is 183 Å². The van der Waals surface area contributed by atoms with Gasteiger partial charge in [-0.15, -0.1) is 0 Å². The summed E-state index contributed by atoms with van der Waals surface area (Å²) in [6.45, 7) is 0.474. The Kier molecular flexibility index (Phi) is 5.96. The van der Waals surface area contributed by atoms with E-state index in [1.165, 1.54) is 20.2 Å². The maximum atomic E-state index is 13.1. The molecule has 1 amide bonds. The number of nitrogens with zero attached hydrogens (tertiary/aromatic N) is 3. The van der Waals surface area contributed by atoms with Gasteiger partial charge in [-0.1, -0.05) is 6.92 Å². The molecule has 4 rings (SSSR count). The largest absolute Gasteiger partial charge is 0.496 e. The summed E-state index contributed by atoms with van der Waals surface area (Å²) in [4.78, 5) is 16.7. The average molecular weight is 446 g/mol. The van der Waals surface area contributed by atoms with Gasteiger partial charge in [0.15, 0.2) is 5.65 Å². The van der Waals surface area contributed by atoms with Crippen LogP contribution in [0, 0.1) is 0 Å². The number of methoxy groups -OCH3 is 1. The molecule has 3 heterocycles. The molecule has 2 aromatic heterocycles. The number of halogens is 2. The molecule has 0 saturated carbocycles. The molecule has 1 aliphatic heterocycles. The normalized spacial score (nSPS) is 15.7. The molecule has 1 N–H and O–H groups in total. The Morgan fingerprint density at radius 2 is 1.94 bits per heavy atom. The summed E-state index contributed by atoms with van der Waals surface area (Å²) < 4.78 is 43.2. The molecule has 8 nitrogen and oxygen atoms in total. The van der Waals surface area contributed by atoms with E-state index < -0.39 is 12.5 Å². The SMILES string of the molecule is CNC(=O)c1c(OC)cc(-c2cnc3cc(C4(C)CCOCC4)cnn23)cc1OC(F)F. The van der Waals surface area contributed by atoms with E-state index in [0.29, 0.717) is 30.1 Å². The van der Waals surface area contributed by atoms with E-state index in [4.69, 9.17) is 9.47 Å². The number of rotatable bonds is 6. The fourth-order valence-corrected chi connectivity index (χ4v) is 3.95. The van der Waals surface area contributed by atoms with Crippen molar-refractivity contribution in [1.29, 1.82) is 0 Å². The van der Waals surface area contributed by atoms with Crippen molar-refractivity contribution in [3.05, 3.63) is 41.7 Å². The number of carbonyl (C=O) groups excluding carboxylic acids is 1. The molecule has 32 heavy (non-hydrogen) atoms. The molecule has 1 aromatic carbocycles. The minimum absolute atomic E-state index is 0.0459. The third-order valence-electron chi connectivity index (χ3n) is 5.91. The van der Waals surface area contributed by atoms with Crippen molar-refractivity contribution in [2.24, 2.45) is 0 Å². The van der Waals surface area contributed by atoms with Crippen LogP contribution < -0.4 is 14.8 Å². The fourth-order valence-electron chi connectivity index (χ4n) is 3.95. The van der Waals surface area contributed by atoms with Gasteiger partial charge in [-0.3, -0.25) is 4.79 Å². The second-order valence-electron chi connectivity index (χ2n) is 7.84. The smallest absolute Gasteiger partial charge is 0.387 e. The lowest BCUT2D eigenvalue weighted by Gasteiger charge is -2.33. The van der Waals surface area contributed by atoms with Crippen LogP contribution in [0.3, 0.4) is 0 Å². The van der Waals surface area contributed by atoms with Crippen LogP contribution in [0.5, 0.6) is 11.5 Å². The Morgan fingerprint density at radius 3 is 2.59 bits per heavy atom. The van der Waals surface area contributed by atoms with Crippen LogP contribution in [0.2, 0.25) is 0 Å². The summed E-state index contributed by atoms with van der Waals surface area (Å²) in [6, 6.07) is 4.91. The van der Waals surface area contributed by atoms with Crippen molar-refractivity contribution in [3.8, 4) is 22.8 Å². The molecule has 1 saturated heterocycles. The third kappa shape index (κ3) is 3.97. The van der Waals surface area contributed by atoms with Crippen LogP contribution >= 0.6 is 0 Å². The lowest BCUT2D eigenvalue weighted by atomic mass is 9.77. The van der Waals surface area contributed by atoms with Gasteiger partial charge in [0.05, 0.1) is 25.2 Å². The van der Waals surface area contributed by atoms with Gasteiger partial charge in [0.1, 0.15) is 17.1 Å². The summed E-state index contributed by atoms with van der Waals surface area (Å²) in [5.41, 5.74) is 2.54. The summed E-state index contributed by atoms with van der Waals surface area (Å²) in [7, 11) is 2.75. The molecule has 0 aliphatic carbocycles. The zero-order valence-corrected chi connectivity index (χ0v) is 18.0. The number of carbonyl (C=O) groups is 1. The van der Waals surface area contributed by atoms with E-state index in [2.05, 4.69) is 27.1 Å². The first-order valence-electron chi connectivity index (χ1n) is 10.2. The molecule has 1 fully saturated rings. The lowest BCUT2D eigenvalue weighted by molar-refractivity contribution is -0.0502. The number of benzene rings is 1. The molecule has 10 heteroatoms.